The van der Waals surface area contributed by atoms with Crippen molar-refractivity contribution < 1.29 is 18.0 Å². The predicted octanol–water partition coefficient (Wildman–Crippen LogP) is 3.53. The van der Waals surface area contributed by atoms with Gasteiger partial charge in [0.25, 0.3) is 0 Å². The van der Waals surface area contributed by atoms with Gasteiger partial charge in [-0.05, 0) is 31.0 Å². The highest BCUT2D eigenvalue weighted by molar-refractivity contribution is 5.93. The summed E-state index contributed by atoms with van der Waals surface area (Å²) in [6, 6.07) is 6.84. The molecule has 0 aliphatic heterocycles. The number of halogens is 3. The van der Waals surface area contributed by atoms with E-state index < -0.39 is 23.9 Å². The predicted molar refractivity (Wildman–Crippen MR) is 85.5 cm³/mol. The van der Waals surface area contributed by atoms with Gasteiger partial charge in [0, 0.05) is 7.05 Å². The number of benzene rings is 1. The first-order valence-electron chi connectivity index (χ1n) is 7.70. The highest BCUT2D eigenvalue weighted by Crippen LogP contribution is 2.39. The van der Waals surface area contributed by atoms with E-state index in [4.69, 9.17) is 5.26 Å². The molecule has 0 bridgehead atoms. The first-order chi connectivity index (χ1) is 11.8. The SMILES string of the molecule is Cn1c(NC(=O)[C@@H]2CC=CC[C@H]2C(F)(F)F)nc2ccc(C#N)cc21. The summed E-state index contributed by atoms with van der Waals surface area (Å²) in [7, 11) is 1.63. The Morgan fingerprint density at radius 1 is 1.36 bits per heavy atom. The lowest BCUT2D eigenvalue weighted by molar-refractivity contribution is -0.190. The fraction of sp³-hybridized carbons (Fsp3) is 0.353. The van der Waals surface area contributed by atoms with Gasteiger partial charge < -0.3 is 4.57 Å². The third-order valence-corrected chi connectivity index (χ3v) is 4.43. The lowest BCUT2D eigenvalue weighted by Crippen LogP contribution is -2.38. The average molecular weight is 348 g/mol. The number of nitriles is 1. The topological polar surface area (TPSA) is 70.7 Å². The summed E-state index contributed by atoms with van der Waals surface area (Å²) in [4.78, 5) is 16.7. The van der Waals surface area contributed by atoms with Crippen LogP contribution in [0.3, 0.4) is 0 Å². The molecule has 1 amide bonds. The second-order valence-corrected chi connectivity index (χ2v) is 6.00. The maximum Gasteiger partial charge on any atom is 0.392 e. The molecule has 2 atom stereocenters. The number of anilines is 1. The zero-order valence-electron chi connectivity index (χ0n) is 13.3. The Kier molecular flexibility index (Phi) is 4.25. The number of allylic oxidation sites excluding steroid dienone is 2. The van der Waals surface area contributed by atoms with Gasteiger partial charge in [0.2, 0.25) is 11.9 Å². The summed E-state index contributed by atoms with van der Waals surface area (Å²) in [5.41, 5.74) is 1.60. The summed E-state index contributed by atoms with van der Waals surface area (Å²) in [6.45, 7) is 0. The molecular formula is C17H15F3N4O. The second kappa shape index (κ2) is 6.24. The quantitative estimate of drug-likeness (QED) is 0.844. The molecule has 1 aromatic heterocycles. The number of carbonyl (C=O) groups is 1. The molecule has 0 saturated heterocycles. The van der Waals surface area contributed by atoms with Crippen molar-refractivity contribution in [3.63, 3.8) is 0 Å². The van der Waals surface area contributed by atoms with Crippen LogP contribution in [-0.4, -0.2) is 21.6 Å². The van der Waals surface area contributed by atoms with E-state index in [1.54, 1.807) is 35.9 Å². The number of hydrogen-bond acceptors (Lipinski definition) is 3. The minimum Gasteiger partial charge on any atom is -0.313 e. The molecule has 0 unspecified atom stereocenters. The number of fused-ring (bicyclic) bond motifs is 1. The third kappa shape index (κ3) is 3.22. The van der Waals surface area contributed by atoms with Crippen LogP contribution in [0.5, 0.6) is 0 Å². The Hall–Kier alpha value is -2.82. The molecule has 3 rings (SSSR count). The van der Waals surface area contributed by atoms with Crippen LogP contribution < -0.4 is 5.32 Å². The number of aryl methyl sites for hydroxylation is 1. The lowest BCUT2D eigenvalue weighted by Gasteiger charge is -2.29. The molecule has 8 heteroatoms. The van der Waals surface area contributed by atoms with Gasteiger partial charge in [0.05, 0.1) is 34.5 Å². The second-order valence-electron chi connectivity index (χ2n) is 6.00. The van der Waals surface area contributed by atoms with E-state index in [1.165, 1.54) is 6.08 Å². The zero-order valence-corrected chi connectivity index (χ0v) is 13.3. The van der Waals surface area contributed by atoms with Gasteiger partial charge in [-0.3, -0.25) is 10.1 Å². The van der Waals surface area contributed by atoms with Crippen LogP contribution in [0, 0.1) is 23.2 Å². The maximum atomic E-state index is 13.2. The highest BCUT2D eigenvalue weighted by atomic mass is 19.4. The molecule has 5 nitrogen and oxygen atoms in total. The normalized spacial score (nSPS) is 20.4. The monoisotopic (exact) mass is 348 g/mol. The van der Waals surface area contributed by atoms with Crippen molar-refractivity contribution in [3.05, 3.63) is 35.9 Å². The number of rotatable bonds is 2. The molecular weight excluding hydrogens is 333 g/mol. The third-order valence-electron chi connectivity index (χ3n) is 4.43. The van der Waals surface area contributed by atoms with E-state index in [0.29, 0.717) is 16.6 Å². The number of carbonyl (C=O) groups excluding carboxylic acids is 1. The Morgan fingerprint density at radius 3 is 2.76 bits per heavy atom. The molecule has 1 aliphatic carbocycles. The first-order valence-corrected chi connectivity index (χ1v) is 7.70. The molecule has 130 valence electrons. The van der Waals surface area contributed by atoms with Crippen LogP contribution in [0.1, 0.15) is 18.4 Å². The van der Waals surface area contributed by atoms with Crippen LogP contribution in [0.4, 0.5) is 19.1 Å². The number of alkyl halides is 3. The van der Waals surface area contributed by atoms with Crippen LogP contribution in [0.25, 0.3) is 11.0 Å². The van der Waals surface area contributed by atoms with Crippen LogP contribution in [-0.2, 0) is 11.8 Å². The summed E-state index contributed by atoms with van der Waals surface area (Å²) in [5.74, 6) is -3.42. The average Bonchev–Trinajstić information content (AvgIpc) is 2.89. The number of imidazole rings is 1. The Bertz CT molecular complexity index is 892. The molecule has 1 N–H and O–H groups in total. The number of nitrogens with zero attached hydrogens (tertiary/aromatic N) is 3. The van der Waals surface area contributed by atoms with Crippen molar-refractivity contribution in [1.82, 2.24) is 9.55 Å². The van der Waals surface area contributed by atoms with Gasteiger partial charge in [-0.2, -0.15) is 18.4 Å². The largest absolute Gasteiger partial charge is 0.392 e. The van der Waals surface area contributed by atoms with E-state index in [1.807, 2.05) is 6.07 Å². The standard InChI is InChI=1S/C17H15F3N4O/c1-24-14-8-10(9-21)6-7-13(14)22-16(24)23-15(25)11-4-2-3-5-12(11)17(18,19)20/h2-3,6-8,11-12H,4-5H2,1H3,(H,22,23,25)/t11-,12-/m1/s1. The molecule has 2 aromatic rings. The van der Waals surface area contributed by atoms with Gasteiger partial charge in [-0.1, -0.05) is 12.2 Å². The molecule has 1 aromatic carbocycles. The minimum absolute atomic E-state index is 0.0402. The van der Waals surface area contributed by atoms with E-state index in [9.17, 15) is 18.0 Å². The fourth-order valence-electron chi connectivity index (χ4n) is 3.04. The molecule has 1 heterocycles. The van der Waals surface area contributed by atoms with Crippen molar-refractivity contribution in [2.45, 2.75) is 19.0 Å². The summed E-state index contributed by atoms with van der Waals surface area (Å²) in [5, 5.41) is 11.5. The molecule has 0 radical (unpaired) electrons. The van der Waals surface area contributed by atoms with E-state index in [-0.39, 0.29) is 18.8 Å². The van der Waals surface area contributed by atoms with Crippen LogP contribution in [0.15, 0.2) is 30.4 Å². The number of hydrogen-bond donors (Lipinski definition) is 1. The van der Waals surface area contributed by atoms with E-state index in [2.05, 4.69) is 10.3 Å². The van der Waals surface area contributed by atoms with Crippen LogP contribution in [0.2, 0.25) is 0 Å². The van der Waals surface area contributed by atoms with E-state index >= 15 is 0 Å². The van der Waals surface area contributed by atoms with Crippen molar-refractivity contribution in [2.24, 2.45) is 18.9 Å². The highest BCUT2D eigenvalue weighted by Gasteiger charge is 2.47. The number of amides is 1. The van der Waals surface area contributed by atoms with Crippen LogP contribution >= 0.6 is 0 Å². The van der Waals surface area contributed by atoms with E-state index in [0.717, 1.165) is 0 Å². The smallest absolute Gasteiger partial charge is 0.313 e. The first kappa shape index (κ1) is 17.0. The van der Waals surface area contributed by atoms with Gasteiger partial charge >= 0.3 is 6.18 Å². The molecule has 1 aliphatic rings. The van der Waals surface area contributed by atoms with Gasteiger partial charge in [-0.25, -0.2) is 4.98 Å². The Labute approximate surface area is 141 Å². The molecule has 0 saturated carbocycles. The maximum absolute atomic E-state index is 13.2. The minimum atomic E-state index is -4.43. The number of nitrogens with one attached hydrogen (secondary N) is 1. The molecule has 0 fully saturated rings. The Morgan fingerprint density at radius 2 is 2.08 bits per heavy atom. The Balaban J connectivity index is 1.88. The number of aromatic nitrogens is 2. The van der Waals surface area contributed by atoms with Crippen molar-refractivity contribution >= 4 is 22.9 Å². The van der Waals surface area contributed by atoms with Gasteiger partial charge in [0.15, 0.2) is 0 Å². The summed E-state index contributed by atoms with van der Waals surface area (Å²) >= 11 is 0. The lowest BCUT2D eigenvalue weighted by atomic mass is 9.82. The van der Waals surface area contributed by atoms with Gasteiger partial charge in [0.1, 0.15) is 0 Å². The zero-order chi connectivity index (χ0) is 18.2. The molecule has 25 heavy (non-hydrogen) atoms. The van der Waals surface area contributed by atoms with Crippen molar-refractivity contribution in [1.29, 1.82) is 5.26 Å². The molecule has 0 spiro atoms. The van der Waals surface area contributed by atoms with Gasteiger partial charge in [-0.15, -0.1) is 0 Å². The van der Waals surface area contributed by atoms with Crippen molar-refractivity contribution in [3.8, 4) is 6.07 Å². The fourth-order valence-corrected chi connectivity index (χ4v) is 3.04. The van der Waals surface area contributed by atoms with Crippen molar-refractivity contribution in [2.75, 3.05) is 5.32 Å². The summed E-state index contributed by atoms with van der Waals surface area (Å²) < 4.78 is 41.0. The summed E-state index contributed by atoms with van der Waals surface area (Å²) in [6.07, 6.45) is -1.53.